The Bertz CT molecular complexity index is 1230. The maximum absolute atomic E-state index is 14.1. The van der Waals surface area contributed by atoms with Gasteiger partial charge in [-0.3, -0.25) is 9.69 Å². The monoisotopic (exact) mass is 566 g/mol. The van der Waals surface area contributed by atoms with E-state index in [4.69, 9.17) is 10.5 Å². The number of amides is 1. The van der Waals surface area contributed by atoms with Crippen LogP contribution in [0.2, 0.25) is 0 Å². The number of hydrogen-bond donors (Lipinski definition) is 3. The molecule has 0 fully saturated rings. The van der Waals surface area contributed by atoms with Crippen molar-refractivity contribution in [2.24, 2.45) is 22.5 Å². The van der Waals surface area contributed by atoms with Gasteiger partial charge in [0.25, 0.3) is 0 Å². The van der Waals surface area contributed by atoms with Crippen LogP contribution < -0.4 is 5.73 Å². The van der Waals surface area contributed by atoms with E-state index in [0.717, 1.165) is 22.3 Å². The summed E-state index contributed by atoms with van der Waals surface area (Å²) in [6.07, 6.45) is -0.0264. The summed E-state index contributed by atoms with van der Waals surface area (Å²) in [5, 5.41) is 20.0. The molecule has 2 aromatic rings. The summed E-state index contributed by atoms with van der Waals surface area (Å²) < 4.78 is 6.02. The summed E-state index contributed by atoms with van der Waals surface area (Å²) in [5.41, 5.74) is 8.06. The second-order valence-corrected chi connectivity index (χ2v) is 14.0. The molecule has 0 radical (unpaired) electrons. The van der Waals surface area contributed by atoms with Crippen LogP contribution in [-0.2, 0) is 14.3 Å². The molecular weight excluding hydrogens is 520 g/mol. The van der Waals surface area contributed by atoms with Crippen LogP contribution in [0.3, 0.4) is 0 Å². The molecule has 3 atom stereocenters. The van der Waals surface area contributed by atoms with Gasteiger partial charge in [0.15, 0.2) is 0 Å². The lowest BCUT2D eigenvalue weighted by molar-refractivity contribution is -0.152. The van der Waals surface area contributed by atoms with E-state index in [9.17, 15) is 24.6 Å². The van der Waals surface area contributed by atoms with Crippen molar-refractivity contribution >= 4 is 18.0 Å². The van der Waals surface area contributed by atoms with Crippen molar-refractivity contribution in [3.05, 3.63) is 59.7 Å². The second-order valence-electron chi connectivity index (χ2n) is 14.0. The van der Waals surface area contributed by atoms with E-state index in [1.54, 1.807) is 20.8 Å². The van der Waals surface area contributed by atoms with Crippen LogP contribution >= 0.6 is 0 Å². The van der Waals surface area contributed by atoms with Gasteiger partial charge in [0.2, 0.25) is 0 Å². The number of hydrogen-bond acceptors (Lipinski definition) is 5. The van der Waals surface area contributed by atoms with Crippen molar-refractivity contribution < 1.29 is 29.3 Å². The van der Waals surface area contributed by atoms with E-state index in [1.165, 1.54) is 4.90 Å². The lowest BCUT2D eigenvalue weighted by Crippen LogP contribution is -2.62. The Kier molecular flexibility index (Phi) is 9.28. The molecule has 0 saturated heterocycles. The van der Waals surface area contributed by atoms with Crippen LogP contribution in [-0.4, -0.2) is 57.4 Å². The number of ether oxygens (including phenoxy) is 1. The van der Waals surface area contributed by atoms with Gasteiger partial charge < -0.3 is 20.7 Å². The summed E-state index contributed by atoms with van der Waals surface area (Å²) >= 11 is 0. The average molecular weight is 567 g/mol. The lowest BCUT2D eigenvalue weighted by atomic mass is 9.72. The molecule has 0 saturated carbocycles. The smallest absolute Gasteiger partial charge is 0.411 e. The summed E-state index contributed by atoms with van der Waals surface area (Å²) in [7, 11) is 0. The van der Waals surface area contributed by atoms with Crippen LogP contribution in [0.4, 0.5) is 4.79 Å². The van der Waals surface area contributed by atoms with Gasteiger partial charge in [0.1, 0.15) is 18.7 Å². The molecule has 8 nitrogen and oxygen atoms in total. The van der Waals surface area contributed by atoms with E-state index in [0.29, 0.717) is 6.42 Å². The maximum atomic E-state index is 14.1. The molecule has 8 heteroatoms. The first-order valence-corrected chi connectivity index (χ1v) is 14.2. The van der Waals surface area contributed by atoms with Crippen LogP contribution in [0, 0.1) is 16.7 Å². The van der Waals surface area contributed by atoms with Gasteiger partial charge >= 0.3 is 18.0 Å². The Hall–Kier alpha value is -3.39. The van der Waals surface area contributed by atoms with Crippen LogP contribution in [0.15, 0.2) is 48.5 Å². The molecule has 1 amide bonds. The molecule has 2 aromatic carbocycles. The Balaban J connectivity index is 1.99. The molecule has 0 spiro atoms. The van der Waals surface area contributed by atoms with Crippen molar-refractivity contribution in [3.63, 3.8) is 0 Å². The zero-order valence-corrected chi connectivity index (χ0v) is 25.6. The number of carboxylic acids is 2. The van der Waals surface area contributed by atoms with E-state index < -0.39 is 47.0 Å². The van der Waals surface area contributed by atoms with Gasteiger partial charge in [0.05, 0.1) is 0 Å². The van der Waals surface area contributed by atoms with Crippen LogP contribution in [0.25, 0.3) is 11.1 Å². The fraction of sp³-hybridized carbons (Fsp3) is 0.545. The number of carboxylic acid groups (broad SMARTS) is 2. The number of aliphatic carboxylic acids is 2. The minimum Gasteiger partial charge on any atom is -0.480 e. The fourth-order valence-corrected chi connectivity index (χ4v) is 6.85. The molecule has 3 rings (SSSR count). The highest BCUT2D eigenvalue weighted by Gasteiger charge is 2.50. The lowest BCUT2D eigenvalue weighted by Gasteiger charge is -2.49. The van der Waals surface area contributed by atoms with E-state index in [2.05, 4.69) is 12.1 Å². The van der Waals surface area contributed by atoms with Crippen molar-refractivity contribution in [1.82, 2.24) is 4.90 Å². The maximum Gasteiger partial charge on any atom is 0.411 e. The molecule has 0 heterocycles. The van der Waals surface area contributed by atoms with Gasteiger partial charge in [-0.05, 0) is 65.7 Å². The highest BCUT2D eigenvalue weighted by molar-refractivity contribution is 5.82. The second kappa shape index (κ2) is 11.8. The highest BCUT2D eigenvalue weighted by Crippen LogP contribution is 2.45. The molecule has 1 aliphatic carbocycles. The van der Waals surface area contributed by atoms with E-state index in [1.807, 2.05) is 71.0 Å². The summed E-state index contributed by atoms with van der Waals surface area (Å²) in [6.45, 7) is 15.1. The molecule has 224 valence electrons. The number of rotatable bonds is 11. The number of nitrogens with two attached hydrogens (primary N) is 1. The first kappa shape index (κ1) is 32.1. The third-order valence-corrected chi connectivity index (χ3v) is 8.13. The number of fused-ring (bicyclic) bond motifs is 3. The van der Waals surface area contributed by atoms with Crippen molar-refractivity contribution in [3.8, 4) is 11.1 Å². The van der Waals surface area contributed by atoms with Gasteiger partial charge in [0, 0.05) is 11.5 Å². The van der Waals surface area contributed by atoms with Crippen molar-refractivity contribution in [2.45, 2.75) is 91.8 Å². The quantitative estimate of drug-likeness (QED) is 0.288. The standard InChI is InChI=1S/C33H46N2O6/c1-20(26(34)28(36)37)17-32(5,6)27(29(38)39)35(33(7,8)19-31(2,3)4)30(40)41-18-25-23-15-11-9-13-21(23)22-14-10-12-16-24(22)25/h9-16,20,25-27H,17-19,34H2,1-8H3,(H,36,37)(H,38,39). The topological polar surface area (TPSA) is 130 Å². The molecule has 0 aliphatic heterocycles. The van der Waals surface area contributed by atoms with Crippen LogP contribution in [0.5, 0.6) is 0 Å². The Morgan fingerprint density at radius 2 is 1.37 bits per heavy atom. The first-order chi connectivity index (χ1) is 18.9. The minimum absolute atomic E-state index is 0.0576. The zero-order valence-electron chi connectivity index (χ0n) is 25.6. The van der Waals surface area contributed by atoms with E-state index in [-0.39, 0.29) is 24.4 Å². The van der Waals surface area contributed by atoms with Gasteiger partial charge in [-0.25, -0.2) is 9.59 Å². The molecule has 0 bridgehead atoms. The largest absolute Gasteiger partial charge is 0.480 e. The molecule has 0 aromatic heterocycles. The van der Waals surface area contributed by atoms with Gasteiger partial charge in [-0.1, -0.05) is 90.1 Å². The normalized spacial score (nSPS) is 15.8. The highest BCUT2D eigenvalue weighted by atomic mass is 16.6. The van der Waals surface area contributed by atoms with Gasteiger partial charge in [-0.15, -0.1) is 0 Å². The predicted octanol–water partition coefficient (Wildman–Crippen LogP) is 6.37. The van der Waals surface area contributed by atoms with Crippen molar-refractivity contribution in [1.29, 1.82) is 0 Å². The Morgan fingerprint density at radius 1 is 0.878 bits per heavy atom. The van der Waals surface area contributed by atoms with Gasteiger partial charge in [-0.2, -0.15) is 0 Å². The number of carbonyl (C=O) groups is 3. The fourth-order valence-electron chi connectivity index (χ4n) is 6.85. The number of benzene rings is 2. The molecule has 4 N–H and O–H groups in total. The SMILES string of the molecule is CC(CC(C)(C)C(C(=O)O)N(C(=O)OCC1c2ccccc2-c2ccccc21)C(C)(C)CC(C)(C)C)C(N)C(=O)O. The zero-order chi connectivity index (χ0) is 30.9. The molecule has 41 heavy (non-hydrogen) atoms. The Labute approximate surface area is 243 Å². The number of carbonyl (C=O) groups excluding carboxylic acids is 1. The average Bonchev–Trinajstić information content (AvgIpc) is 3.16. The summed E-state index contributed by atoms with van der Waals surface area (Å²) in [4.78, 5) is 40.0. The number of nitrogens with zero attached hydrogens (tertiary/aromatic N) is 1. The van der Waals surface area contributed by atoms with Crippen molar-refractivity contribution in [2.75, 3.05) is 6.61 Å². The predicted molar refractivity (Wildman–Crippen MR) is 160 cm³/mol. The third-order valence-electron chi connectivity index (χ3n) is 8.13. The van der Waals surface area contributed by atoms with Crippen LogP contribution in [0.1, 0.15) is 85.3 Å². The summed E-state index contributed by atoms with van der Waals surface area (Å²) in [5.74, 6) is -3.04. The Morgan fingerprint density at radius 3 is 1.80 bits per heavy atom. The summed E-state index contributed by atoms with van der Waals surface area (Å²) in [6, 6.07) is 13.6. The molecule has 1 aliphatic rings. The van der Waals surface area contributed by atoms with E-state index >= 15 is 0 Å². The molecule has 3 unspecified atom stereocenters. The molecular formula is C33H46N2O6. The first-order valence-electron chi connectivity index (χ1n) is 14.2. The minimum atomic E-state index is -1.29. The third kappa shape index (κ3) is 7.10.